The van der Waals surface area contributed by atoms with Crippen LogP contribution in [0, 0.1) is 0 Å². The van der Waals surface area contributed by atoms with Crippen LogP contribution in [-0.2, 0) is 14.3 Å². The topological polar surface area (TPSA) is 35.5 Å². The normalized spacial score (nSPS) is 11.0. The van der Waals surface area contributed by atoms with Gasteiger partial charge in [-0.3, -0.25) is 4.79 Å². The monoisotopic (exact) mass is 178 g/mol. The van der Waals surface area contributed by atoms with Crippen molar-refractivity contribution >= 4 is 17.6 Å². The van der Waals surface area contributed by atoms with Gasteiger partial charge in [0.05, 0.1) is 26.5 Å². The van der Waals surface area contributed by atoms with Crippen LogP contribution in [0.25, 0.3) is 0 Å². The third-order valence-electron chi connectivity index (χ3n) is 1.12. The maximum Gasteiger partial charge on any atom is 0.309 e. The van der Waals surface area contributed by atoms with Crippen molar-refractivity contribution in [1.82, 2.24) is 0 Å². The first-order valence-corrected chi connectivity index (χ1v) is 3.63. The maximum absolute atomic E-state index is 10.6. The molecule has 0 spiro atoms. The number of hydrogen-bond donors (Lipinski definition) is 0. The largest absolute Gasteiger partial charge is 0.500 e. The van der Waals surface area contributed by atoms with Crippen LogP contribution in [-0.4, -0.2) is 26.1 Å². The molecule has 0 saturated heterocycles. The lowest BCUT2D eigenvalue weighted by molar-refractivity contribution is -0.139. The van der Waals surface area contributed by atoms with E-state index in [4.69, 9.17) is 16.3 Å². The van der Waals surface area contributed by atoms with Crippen molar-refractivity contribution in [2.75, 3.05) is 20.1 Å². The summed E-state index contributed by atoms with van der Waals surface area (Å²) in [7, 11) is 2.84. The second-order valence-electron chi connectivity index (χ2n) is 1.79. The number of esters is 1. The van der Waals surface area contributed by atoms with Gasteiger partial charge in [0, 0.05) is 0 Å². The molecule has 0 radical (unpaired) electrons. The Hall–Kier alpha value is -0.700. The number of hydrogen-bond acceptors (Lipinski definition) is 3. The molecule has 0 N–H and O–H groups in total. The molecule has 0 amide bonds. The van der Waals surface area contributed by atoms with E-state index in [-0.39, 0.29) is 18.3 Å². The fourth-order valence-electron chi connectivity index (χ4n) is 0.473. The minimum Gasteiger partial charge on any atom is -0.500 e. The molecule has 0 bridgehead atoms. The van der Waals surface area contributed by atoms with Gasteiger partial charge in [-0.2, -0.15) is 0 Å². The Kier molecular flexibility index (Phi) is 5.65. The molecular formula is C7H11ClO3. The molecule has 0 aliphatic carbocycles. The summed E-state index contributed by atoms with van der Waals surface area (Å²) in [6.45, 7) is 0. The summed E-state index contributed by atoms with van der Waals surface area (Å²) < 4.78 is 9.22. The van der Waals surface area contributed by atoms with Crippen LogP contribution in [0.15, 0.2) is 11.8 Å². The first kappa shape index (κ1) is 10.3. The number of carbonyl (C=O) groups is 1. The average molecular weight is 179 g/mol. The molecule has 0 atom stereocenters. The van der Waals surface area contributed by atoms with Gasteiger partial charge in [0.15, 0.2) is 0 Å². The highest BCUT2D eigenvalue weighted by Crippen LogP contribution is 2.00. The van der Waals surface area contributed by atoms with E-state index < -0.39 is 0 Å². The van der Waals surface area contributed by atoms with Gasteiger partial charge in [0.1, 0.15) is 5.76 Å². The second kappa shape index (κ2) is 6.04. The Morgan fingerprint density at radius 1 is 1.45 bits per heavy atom. The van der Waals surface area contributed by atoms with Crippen LogP contribution in [0.5, 0.6) is 0 Å². The Labute approximate surface area is 70.9 Å². The lowest BCUT2D eigenvalue weighted by Crippen LogP contribution is -1.99. The Bertz CT molecular complexity index is 148. The minimum absolute atomic E-state index is 0.201. The molecule has 0 fully saturated rings. The number of halogens is 1. The molecule has 4 heteroatoms. The summed E-state index contributed by atoms with van der Waals surface area (Å²) >= 11 is 5.45. The minimum atomic E-state index is -0.301. The SMILES string of the molecule is COC(=O)C/C=C(\CCl)OC. The lowest BCUT2D eigenvalue weighted by atomic mass is 10.4. The number of ether oxygens (including phenoxy) is 2. The van der Waals surface area contributed by atoms with Gasteiger partial charge in [-0.15, -0.1) is 11.6 Å². The molecule has 0 heterocycles. The number of allylic oxidation sites excluding steroid dienone is 1. The molecule has 0 aromatic carbocycles. The van der Waals surface area contributed by atoms with Crippen LogP contribution < -0.4 is 0 Å². The Balaban J connectivity index is 3.78. The molecule has 0 aliphatic heterocycles. The van der Waals surface area contributed by atoms with E-state index in [9.17, 15) is 4.79 Å². The van der Waals surface area contributed by atoms with Gasteiger partial charge in [-0.05, 0) is 6.08 Å². The fraction of sp³-hybridized carbons (Fsp3) is 0.571. The van der Waals surface area contributed by atoms with Crippen LogP contribution in [0.3, 0.4) is 0 Å². The predicted octanol–water partition coefficient (Wildman–Crippen LogP) is 1.32. The molecule has 64 valence electrons. The van der Waals surface area contributed by atoms with E-state index in [0.717, 1.165) is 0 Å². The van der Waals surface area contributed by atoms with Crippen molar-refractivity contribution in [3.8, 4) is 0 Å². The Morgan fingerprint density at radius 3 is 2.45 bits per heavy atom. The van der Waals surface area contributed by atoms with Crippen molar-refractivity contribution in [3.63, 3.8) is 0 Å². The number of rotatable bonds is 4. The summed E-state index contributed by atoms with van der Waals surface area (Å²) in [6, 6.07) is 0. The molecule has 11 heavy (non-hydrogen) atoms. The van der Waals surface area contributed by atoms with Crippen LogP contribution >= 0.6 is 11.6 Å². The zero-order chi connectivity index (χ0) is 8.69. The van der Waals surface area contributed by atoms with Crippen LogP contribution in [0.1, 0.15) is 6.42 Å². The number of alkyl halides is 1. The average Bonchev–Trinajstić information content (AvgIpc) is 2.06. The van der Waals surface area contributed by atoms with Gasteiger partial charge in [-0.1, -0.05) is 0 Å². The smallest absolute Gasteiger partial charge is 0.309 e. The summed E-state index contributed by atoms with van der Waals surface area (Å²) in [5.74, 6) is 0.551. The highest BCUT2D eigenvalue weighted by atomic mass is 35.5. The van der Waals surface area contributed by atoms with Crippen molar-refractivity contribution < 1.29 is 14.3 Å². The third kappa shape index (κ3) is 4.67. The van der Waals surface area contributed by atoms with Gasteiger partial charge >= 0.3 is 5.97 Å². The van der Waals surface area contributed by atoms with E-state index in [1.54, 1.807) is 6.08 Å². The van der Waals surface area contributed by atoms with Gasteiger partial charge in [0.25, 0.3) is 0 Å². The molecule has 0 rings (SSSR count). The van der Waals surface area contributed by atoms with Crippen LogP contribution in [0.4, 0.5) is 0 Å². The zero-order valence-corrected chi connectivity index (χ0v) is 7.35. The summed E-state index contributed by atoms with van der Waals surface area (Å²) in [4.78, 5) is 10.6. The molecule has 0 aliphatic rings. The Morgan fingerprint density at radius 2 is 2.09 bits per heavy atom. The van der Waals surface area contributed by atoms with E-state index in [1.807, 2.05) is 0 Å². The quantitative estimate of drug-likeness (QED) is 0.370. The first-order valence-electron chi connectivity index (χ1n) is 3.10. The standard InChI is InChI=1S/C7H11ClO3/c1-10-6(5-8)3-4-7(9)11-2/h3H,4-5H2,1-2H3/b6-3+. The molecule has 0 unspecified atom stereocenters. The van der Waals surface area contributed by atoms with Crippen LogP contribution in [0.2, 0.25) is 0 Å². The lowest BCUT2D eigenvalue weighted by Gasteiger charge is -1.99. The van der Waals surface area contributed by atoms with Gasteiger partial charge in [-0.25, -0.2) is 0 Å². The molecule has 0 aromatic heterocycles. The third-order valence-corrected chi connectivity index (χ3v) is 1.38. The maximum atomic E-state index is 10.6. The second-order valence-corrected chi connectivity index (χ2v) is 2.06. The molecular weight excluding hydrogens is 168 g/mol. The summed E-state index contributed by atoms with van der Waals surface area (Å²) in [6.07, 6.45) is 1.80. The molecule has 0 aromatic rings. The van der Waals surface area contributed by atoms with Crippen molar-refractivity contribution in [2.45, 2.75) is 6.42 Å². The summed E-state index contributed by atoms with van der Waals surface area (Å²) in [5, 5.41) is 0. The van der Waals surface area contributed by atoms with E-state index in [1.165, 1.54) is 14.2 Å². The summed E-state index contributed by atoms with van der Waals surface area (Å²) in [5.41, 5.74) is 0. The zero-order valence-electron chi connectivity index (χ0n) is 6.59. The predicted molar refractivity (Wildman–Crippen MR) is 42.4 cm³/mol. The number of carbonyl (C=O) groups excluding carboxylic acids is 1. The van der Waals surface area contributed by atoms with E-state index in [0.29, 0.717) is 5.76 Å². The van der Waals surface area contributed by atoms with Crippen molar-refractivity contribution in [1.29, 1.82) is 0 Å². The highest BCUT2D eigenvalue weighted by molar-refractivity contribution is 6.19. The van der Waals surface area contributed by atoms with Crippen molar-refractivity contribution in [3.05, 3.63) is 11.8 Å². The molecule has 0 saturated carbocycles. The highest BCUT2D eigenvalue weighted by Gasteiger charge is 1.98. The van der Waals surface area contributed by atoms with Crippen molar-refractivity contribution in [2.24, 2.45) is 0 Å². The van der Waals surface area contributed by atoms with E-state index >= 15 is 0 Å². The van der Waals surface area contributed by atoms with Gasteiger partial charge in [0.2, 0.25) is 0 Å². The number of methoxy groups -OCH3 is 2. The molecule has 3 nitrogen and oxygen atoms in total. The van der Waals surface area contributed by atoms with E-state index in [2.05, 4.69) is 4.74 Å². The fourth-order valence-corrected chi connectivity index (χ4v) is 0.691. The van der Waals surface area contributed by atoms with Gasteiger partial charge < -0.3 is 9.47 Å². The first-order chi connectivity index (χ1) is 5.24.